The van der Waals surface area contributed by atoms with Crippen LogP contribution in [-0.4, -0.2) is 25.8 Å². The number of carbonyl (C=O) groups is 1. The van der Waals surface area contributed by atoms with Gasteiger partial charge in [0, 0.05) is 23.0 Å². The molecule has 1 saturated carbocycles. The largest absolute Gasteiger partial charge is 0.309 e. The van der Waals surface area contributed by atoms with E-state index in [-0.39, 0.29) is 11.0 Å². The fourth-order valence-electron chi connectivity index (χ4n) is 2.19. The monoisotopic (exact) mass is 365 g/mol. The summed E-state index contributed by atoms with van der Waals surface area (Å²) >= 11 is 4.85. The summed E-state index contributed by atoms with van der Waals surface area (Å²) in [5.74, 6) is 1.72. The fraction of sp³-hybridized carbons (Fsp3) is 0.400. The Kier molecular flexibility index (Phi) is 4.17. The summed E-state index contributed by atoms with van der Waals surface area (Å²) in [7, 11) is 1.98. The van der Waals surface area contributed by atoms with Gasteiger partial charge in [0.15, 0.2) is 10.9 Å². The Morgan fingerprint density at radius 2 is 2.00 bits per heavy atom. The molecule has 0 amide bonds. The number of hydrogen-bond acceptors (Lipinski definition) is 4. The van der Waals surface area contributed by atoms with E-state index in [0.717, 1.165) is 21.0 Å². The first-order valence-corrected chi connectivity index (χ1v) is 8.59. The van der Waals surface area contributed by atoms with E-state index in [1.807, 2.05) is 42.8 Å². The summed E-state index contributed by atoms with van der Waals surface area (Å²) in [6, 6.07) is 7.46. The third-order valence-corrected chi connectivity index (χ3v) is 5.25. The van der Waals surface area contributed by atoms with E-state index >= 15 is 0 Å². The Hall–Kier alpha value is -1.14. The van der Waals surface area contributed by atoms with Crippen LogP contribution < -0.4 is 0 Å². The van der Waals surface area contributed by atoms with Crippen molar-refractivity contribution in [2.45, 2.75) is 36.1 Å². The molecule has 4 nitrogen and oxygen atoms in total. The zero-order valence-corrected chi connectivity index (χ0v) is 14.3. The van der Waals surface area contributed by atoms with Crippen LogP contribution in [0.3, 0.4) is 0 Å². The van der Waals surface area contributed by atoms with Gasteiger partial charge in [-0.15, -0.1) is 10.2 Å². The van der Waals surface area contributed by atoms with E-state index in [2.05, 4.69) is 26.1 Å². The van der Waals surface area contributed by atoms with Gasteiger partial charge in [0.25, 0.3) is 0 Å². The molecule has 1 aliphatic rings. The second-order valence-electron chi connectivity index (χ2n) is 5.31. The predicted molar refractivity (Wildman–Crippen MR) is 86.8 cm³/mol. The van der Waals surface area contributed by atoms with Crippen LogP contribution in [0, 0.1) is 0 Å². The van der Waals surface area contributed by atoms with Gasteiger partial charge in [-0.2, -0.15) is 0 Å². The maximum atomic E-state index is 12.4. The summed E-state index contributed by atoms with van der Waals surface area (Å²) in [5.41, 5.74) is 0.725. The molecule has 0 unspecified atom stereocenters. The van der Waals surface area contributed by atoms with Crippen LogP contribution in [0.2, 0.25) is 0 Å². The Bertz CT molecular complexity index is 664. The number of rotatable bonds is 5. The molecular formula is C15H16BrN3OS. The van der Waals surface area contributed by atoms with E-state index in [1.54, 1.807) is 0 Å². The highest BCUT2D eigenvalue weighted by Crippen LogP contribution is 2.39. The molecule has 1 fully saturated rings. The Morgan fingerprint density at radius 1 is 1.33 bits per heavy atom. The van der Waals surface area contributed by atoms with Crippen LogP contribution in [0.25, 0.3) is 0 Å². The molecule has 0 saturated heterocycles. The molecule has 3 rings (SSSR count). The van der Waals surface area contributed by atoms with Crippen molar-refractivity contribution in [3.05, 3.63) is 40.1 Å². The zero-order chi connectivity index (χ0) is 15.0. The van der Waals surface area contributed by atoms with Crippen LogP contribution in [0.15, 0.2) is 33.9 Å². The molecule has 1 aromatic carbocycles. The molecule has 0 N–H and O–H groups in total. The van der Waals surface area contributed by atoms with E-state index < -0.39 is 0 Å². The Morgan fingerprint density at radius 3 is 2.62 bits per heavy atom. The number of benzene rings is 1. The van der Waals surface area contributed by atoms with E-state index in [9.17, 15) is 4.79 Å². The molecule has 1 aromatic heterocycles. The first-order valence-electron chi connectivity index (χ1n) is 6.92. The highest BCUT2D eigenvalue weighted by Gasteiger charge is 2.30. The van der Waals surface area contributed by atoms with Gasteiger partial charge in [-0.3, -0.25) is 4.79 Å². The summed E-state index contributed by atoms with van der Waals surface area (Å²) in [4.78, 5) is 12.4. The minimum atomic E-state index is -0.180. The molecule has 1 heterocycles. The van der Waals surface area contributed by atoms with Gasteiger partial charge in [-0.05, 0) is 31.9 Å². The molecule has 1 aliphatic carbocycles. The fourth-order valence-corrected chi connectivity index (χ4v) is 3.35. The number of aromatic nitrogens is 3. The lowest BCUT2D eigenvalue weighted by Gasteiger charge is -2.10. The number of Topliss-reactive ketones (excluding diaryl/α,β-unsaturated/α-hetero) is 1. The molecule has 0 bridgehead atoms. The minimum Gasteiger partial charge on any atom is -0.309 e. The molecule has 2 aromatic rings. The Labute approximate surface area is 136 Å². The quantitative estimate of drug-likeness (QED) is 0.596. The van der Waals surface area contributed by atoms with Crippen LogP contribution in [-0.2, 0) is 7.05 Å². The molecule has 6 heteroatoms. The second kappa shape index (κ2) is 5.93. The van der Waals surface area contributed by atoms with Crippen LogP contribution >= 0.6 is 27.7 Å². The van der Waals surface area contributed by atoms with Crippen molar-refractivity contribution in [3.8, 4) is 0 Å². The van der Waals surface area contributed by atoms with Crippen LogP contribution in [0.4, 0.5) is 0 Å². The first-order chi connectivity index (χ1) is 10.1. The van der Waals surface area contributed by atoms with Crippen molar-refractivity contribution < 1.29 is 4.79 Å². The average Bonchev–Trinajstić information content (AvgIpc) is 3.25. The number of halogens is 1. The van der Waals surface area contributed by atoms with Crippen molar-refractivity contribution in [2.75, 3.05) is 0 Å². The lowest BCUT2D eigenvalue weighted by molar-refractivity contribution is 0.0994. The highest BCUT2D eigenvalue weighted by molar-refractivity contribution is 9.10. The third kappa shape index (κ3) is 3.21. The predicted octanol–water partition coefficient (Wildman–Crippen LogP) is 3.82. The molecule has 110 valence electrons. The van der Waals surface area contributed by atoms with Crippen molar-refractivity contribution in [2.24, 2.45) is 7.05 Å². The lowest BCUT2D eigenvalue weighted by atomic mass is 10.1. The maximum absolute atomic E-state index is 12.4. The van der Waals surface area contributed by atoms with Crippen LogP contribution in [0.5, 0.6) is 0 Å². The van der Waals surface area contributed by atoms with Gasteiger partial charge >= 0.3 is 0 Å². The summed E-state index contributed by atoms with van der Waals surface area (Å²) in [6.45, 7) is 1.92. The van der Waals surface area contributed by atoms with Gasteiger partial charge in [0.1, 0.15) is 5.82 Å². The summed E-state index contributed by atoms with van der Waals surface area (Å²) < 4.78 is 3.00. The lowest BCUT2D eigenvalue weighted by Crippen LogP contribution is -2.14. The number of carbonyl (C=O) groups excluding carboxylic acids is 1. The minimum absolute atomic E-state index is 0.114. The first kappa shape index (κ1) is 14.8. The van der Waals surface area contributed by atoms with Gasteiger partial charge in [0.2, 0.25) is 0 Å². The SMILES string of the molecule is C[C@H](Sc1nnc(C2CC2)n1C)C(=O)c1ccc(Br)cc1. The van der Waals surface area contributed by atoms with Crippen molar-refractivity contribution in [1.29, 1.82) is 0 Å². The number of hydrogen-bond donors (Lipinski definition) is 0. The van der Waals surface area contributed by atoms with Crippen molar-refractivity contribution in [3.63, 3.8) is 0 Å². The summed E-state index contributed by atoms with van der Waals surface area (Å²) in [6.07, 6.45) is 2.40. The molecule has 0 aliphatic heterocycles. The molecule has 21 heavy (non-hydrogen) atoms. The normalized spacial score (nSPS) is 16.0. The smallest absolute Gasteiger partial charge is 0.191 e. The zero-order valence-electron chi connectivity index (χ0n) is 11.9. The second-order valence-corrected chi connectivity index (χ2v) is 7.53. The van der Waals surface area contributed by atoms with E-state index in [4.69, 9.17) is 0 Å². The number of thioether (sulfide) groups is 1. The van der Waals surface area contributed by atoms with Crippen molar-refractivity contribution in [1.82, 2.24) is 14.8 Å². The van der Waals surface area contributed by atoms with E-state index in [0.29, 0.717) is 5.92 Å². The van der Waals surface area contributed by atoms with Crippen LogP contribution in [0.1, 0.15) is 41.9 Å². The van der Waals surface area contributed by atoms with Gasteiger partial charge < -0.3 is 4.57 Å². The van der Waals surface area contributed by atoms with E-state index in [1.165, 1.54) is 24.6 Å². The molecule has 0 spiro atoms. The Balaban J connectivity index is 1.72. The maximum Gasteiger partial charge on any atom is 0.191 e. The number of ketones is 1. The molecular weight excluding hydrogens is 350 g/mol. The van der Waals surface area contributed by atoms with Gasteiger partial charge in [-0.25, -0.2) is 0 Å². The molecule has 1 atom stereocenters. The van der Waals surface area contributed by atoms with Gasteiger partial charge in [-0.1, -0.05) is 39.8 Å². The topological polar surface area (TPSA) is 47.8 Å². The standard InChI is InChI=1S/C15H16BrN3OS/c1-9(13(20)10-5-7-12(16)8-6-10)21-15-18-17-14(19(15)2)11-3-4-11/h5-9,11H,3-4H2,1-2H3/t9-/m0/s1. The van der Waals surface area contributed by atoms with Gasteiger partial charge in [0.05, 0.1) is 5.25 Å². The number of nitrogens with zero attached hydrogens (tertiary/aromatic N) is 3. The molecule has 0 radical (unpaired) electrons. The van der Waals surface area contributed by atoms with Crippen molar-refractivity contribution >= 4 is 33.5 Å². The highest BCUT2D eigenvalue weighted by atomic mass is 79.9. The third-order valence-electron chi connectivity index (χ3n) is 3.59. The average molecular weight is 366 g/mol. The summed E-state index contributed by atoms with van der Waals surface area (Å²) in [5, 5.41) is 9.11.